The van der Waals surface area contributed by atoms with Crippen molar-refractivity contribution in [3.8, 4) is 17.1 Å². The van der Waals surface area contributed by atoms with Gasteiger partial charge >= 0.3 is 6.18 Å². The average Bonchev–Trinajstić information content (AvgIpc) is 3.32. The van der Waals surface area contributed by atoms with E-state index in [0.717, 1.165) is 33.5 Å². The molecule has 0 amide bonds. The molecule has 0 fully saturated rings. The van der Waals surface area contributed by atoms with Crippen LogP contribution in [-0.2, 0) is 6.18 Å². The Labute approximate surface area is 178 Å². The summed E-state index contributed by atoms with van der Waals surface area (Å²) in [5, 5.41) is 12.1. The van der Waals surface area contributed by atoms with Gasteiger partial charge in [0.2, 0.25) is 5.88 Å². The van der Waals surface area contributed by atoms with E-state index in [4.69, 9.17) is 4.98 Å². The molecule has 2 aromatic carbocycles. The van der Waals surface area contributed by atoms with Crippen molar-refractivity contribution in [2.24, 2.45) is 0 Å². The van der Waals surface area contributed by atoms with E-state index in [2.05, 4.69) is 4.98 Å². The maximum Gasteiger partial charge on any atom is 0.416 e. The minimum atomic E-state index is -4.49. The molecule has 4 aromatic rings. The number of benzene rings is 2. The molecule has 152 valence electrons. The van der Waals surface area contributed by atoms with E-state index in [-0.39, 0.29) is 11.4 Å². The second-order valence-electron chi connectivity index (χ2n) is 6.44. The zero-order valence-electron chi connectivity index (χ0n) is 15.6. The van der Waals surface area contributed by atoms with Gasteiger partial charge in [0.15, 0.2) is 0 Å². The Bertz CT molecular complexity index is 1210. The predicted molar refractivity (Wildman–Crippen MR) is 114 cm³/mol. The van der Waals surface area contributed by atoms with Crippen LogP contribution < -0.4 is 0 Å². The van der Waals surface area contributed by atoms with Gasteiger partial charge in [0.1, 0.15) is 10.0 Å². The van der Waals surface area contributed by atoms with Crippen LogP contribution in [0.5, 0.6) is 5.88 Å². The number of nitrogens with zero attached hydrogens (tertiary/aromatic N) is 2. The lowest BCUT2D eigenvalue weighted by Gasteiger charge is -2.11. The first-order chi connectivity index (χ1) is 14.3. The number of rotatable bonds is 4. The molecular weight excluding hydrogens is 429 g/mol. The summed E-state index contributed by atoms with van der Waals surface area (Å²) in [6.45, 7) is 1.92. The summed E-state index contributed by atoms with van der Waals surface area (Å²) < 4.78 is 40.5. The van der Waals surface area contributed by atoms with Crippen molar-refractivity contribution in [1.82, 2.24) is 9.97 Å². The quantitative estimate of drug-likeness (QED) is 0.373. The summed E-state index contributed by atoms with van der Waals surface area (Å²) in [6.07, 6.45) is -3.05. The average molecular weight is 445 g/mol. The van der Waals surface area contributed by atoms with E-state index in [1.165, 1.54) is 34.9 Å². The lowest BCUT2D eigenvalue weighted by molar-refractivity contribution is -0.137. The van der Waals surface area contributed by atoms with Crippen LogP contribution in [-0.4, -0.2) is 15.1 Å². The molecule has 4 rings (SSSR count). The molecule has 0 bridgehead atoms. The molecule has 0 radical (unpaired) electrons. The normalized spacial score (nSPS) is 12.3. The third-order valence-corrected chi connectivity index (χ3v) is 6.23. The van der Waals surface area contributed by atoms with Crippen molar-refractivity contribution in [2.75, 3.05) is 0 Å². The van der Waals surface area contributed by atoms with E-state index >= 15 is 0 Å². The third-order valence-electron chi connectivity index (χ3n) is 4.36. The standard InChI is InChI=1S/C22H15F3N2OS2/c1-13-19(14-7-3-2-4-8-14)27-21(30-13)16(20-26-18(28)12-29-20)11-15-9-5-6-10-17(15)22(23,24)25/h2-12,28H,1H3. The SMILES string of the molecule is Cc1sc(C(=Cc2ccccc2C(F)(F)F)c2nc(O)cs2)nc1-c1ccccc1. The van der Waals surface area contributed by atoms with Crippen LogP contribution in [0.3, 0.4) is 0 Å². The summed E-state index contributed by atoms with van der Waals surface area (Å²) in [6, 6.07) is 15.0. The lowest BCUT2D eigenvalue weighted by atomic mass is 10.0. The second-order valence-corrected chi connectivity index (χ2v) is 8.51. The van der Waals surface area contributed by atoms with Gasteiger partial charge in [-0.25, -0.2) is 9.97 Å². The van der Waals surface area contributed by atoms with Gasteiger partial charge in [-0.2, -0.15) is 13.2 Å². The highest BCUT2D eigenvalue weighted by molar-refractivity contribution is 7.15. The van der Waals surface area contributed by atoms with Crippen LogP contribution in [0.4, 0.5) is 13.2 Å². The number of aromatic hydroxyl groups is 1. The van der Waals surface area contributed by atoms with Crippen LogP contribution in [0.1, 0.15) is 26.0 Å². The first-order valence-corrected chi connectivity index (χ1v) is 10.6. The van der Waals surface area contributed by atoms with Gasteiger partial charge in [-0.05, 0) is 24.6 Å². The number of aromatic nitrogens is 2. The van der Waals surface area contributed by atoms with E-state index in [1.54, 1.807) is 6.07 Å². The van der Waals surface area contributed by atoms with E-state index < -0.39 is 11.7 Å². The summed E-state index contributed by atoms with van der Waals surface area (Å²) in [7, 11) is 0. The molecule has 8 heteroatoms. The Morgan fingerprint density at radius 3 is 2.33 bits per heavy atom. The van der Waals surface area contributed by atoms with Gasteiger partial charge in [0.05, 0.1) is 16.6 Å². The fraction of sp³-hybridized carbons (Fsp3) is 0.0909. The van der Waals surface area contributed by atoms with Gasteiger partial charge in [-0.1, -0.05) is 48.5 Å². The van der Waals surface area contributed by atoms with Crippen LogP contribution in [0, 0.1) is 6.92 Å². The summed E-state index contributed by atoms with van der Waals surface area (Å²) in [4.78, 5) is 9.72. The molecule has 0 aliphatic carbocycles. The fourth-order valence-electron chi connectivity index (χ4n) is 3.02. The van der Waals surface area contributed by atoms with Crippen molar-refractivity contribution in [1.29, 1.82) is 0 Å². The molecule has 30 heavy (non-hydrogen) atoms. The Morgan fingerprint density at radius 1 is 0.967 bits per heavy atom. The predicted octanol–water partition coefficient (Wildman–Crippen LogP) is 6.89. The molecule has 3 nitrogen and oxygen atoms in total. The molecule has 0 saturated heterocycles. The third kappa shape index (κ3) is 4.15. The highest BCUT2D eigenvalue weighted by Gasteiger charge is 2.32. The fourth-order valence-corrected chi connectivity index (χ4v) is 4.73. The van der Waals surface area contributed by atoms with Crippen molar-refractivity contribution in [3.05, 3.63) is 86.0 Å². The van der Waals surface area contributed by atoms with Crippen LogP contribution in [0.25, 0.3) is 22.9 Å². The van der Waals surface area contributed by atoms with Crippen molar-refractivity contribution >= 4 is 34.3 Å². The highest BCUT2D eigenvalue weighted by Crippen LogP contribution is 2.39. The molecule has 0 unspecified atom stereocenters. The highest BCUT2D eigenvalue weighted by atomic mass is 32.1. The first-order valence-electron chi connectivity index (χ1n) is 8.89. The number of halogens is 3. The molecular formula is C22H15F3N2OS2. The van der Waals surface area contributed by atoms with Gasteiger partial charge < -0.3 is 5.11 Å². The smallest absolute Gasteiger partial charge is 0.416 e. The Hall–Kier alpha value is -2.97. The number of aryl methyl sites for hydroxylation is 1. The Kier molecular flexibility index (Phi) is 5.44. The molecule has 0 spiro atoms. The van der Waals surface area contributed by atoms with Crippen molar-refractivity contribution in [3.63, 3.8) is 0 Å². The van der Waals surface area contributed by atoms with E-state index in [9.17, 15) is 18.3 Å². The summed E-state index contributed by atoms with van der Waals surface area (Å²) in [5.41, 5.74) is 1.41. The van der Waals surface area contributed by atoms with Gasteiger partial charge in [0, 0.05) is 16.0 Å². The molecule has 1 N–H and O–H groups in total. The molecule has 2 aromatic heterocycles. The minimum absolute atomic E-state index is 0.0174. The van der Waals surface area contributed by atoms with E-state index in [1.807, 2.05) is 37.3 Å². The van der Waals surface area contributed by atoms with Gasteiger partial charge in [-0.3, -0.25) is 0 Å². The van der Waals surface area contributed by atoms with Gasteiger partial charge in [-0.15, -0.1) is 22.7 Å². The Morgan fingerprint density at radius 2 is 1.67 bits per heavy atom. The second kappa shape index (κ2) is 8.04. The lowest BCUT2D eigenvalue weighted by Crippen LogP contribution is -2.07. The summed E-state index contributed by atoms with van der Waals surface area (Å²) in [5.74, 6) is -0.179. The van der Waals surface area contributed by atoms with Crippen LogP contribution in [0.15, 0.2) is 60.0 Å². The molecule has 0 atom stereocenters. The van der Waals surface area contributed by atoms with Crippen LogP contribution >= 0.6 is 22.7 Å². The number of thiazole rings is 2. The van der Waals surface area contributed by atoms with E-state index in [0.29, 0.717) is 15.6 Å². The number of alkyl halides is 3. The molecule has 0 saturated carbocycles. The Balaban J connectivity index is 1.89. The maximum absolute atomic E-state index is 13.5. The first kappa shape index (κ1) is 20.3. The zero-order valence-corrected chi connectivity index (χ0v) is 17.3. The van der Waals surface area contributed by atoms with Crippen LogP contribution in [0.2, 0.25) is 0 Å². The molecule has 2 heterocycles. The topological polar surface area (TPSA) is 46.0 Å². The summed E-state index contributed by atoms with van der Waals surface area (Å²) >= 11 is 2.53. The molecule has 0 aliphatic rings. The molecule has 0 aliphatic heterocycles. The number of hydrogen-bond donors (Lipinski definition) is 1. The van der Waals surface area contributed by atoms with Crippen molar-refractivity contribution < 1.29 is 18.3 Å². The monoisotopic (exact) mass is 444 g/mol. The van der Waals surface area contributed by atoms with Gasteiger partial charge in [0.25, 0.3) is 0 Å². The zero-order chi connectivity index (χ0) is 21.3. The van der Waals surface area contributed by atoms with Crippen molar-refractivity contribution in [2.45, 2.75) is 13.1 Å². The minimum Gasteiger partial charge on any atom is -0.493 e. The number of hydrogen-bond acceptors (Lipinski definition) is 5. The largest absolute Gasteiger partial charge is 0.493 e. The maximum atomic E-state index is 13.5.